The molecule has 6 heteroatoms. The maximum atomic E-state index is 13.2. The van der Waals surface area contributed by atoms with E-state index in [0.717, 1.165) is 60.5 Å². The van der Waals surface area contributed by atoms with Gasteiger partial charge in [-0.15, -0.1) is 0 Å². The summed E-state index contributed by atoms with van der Waals surface area (Å²) >= 11 is 0. The van der Waals surface area contributed by atoms with E-state index in [4.69, 9.17) is 4.98 Å². The normalized spacial score (nSPS) is 15.6. The van der Waals surface area contributed by atoms with Crippen LogP contribution in [-0.2, 0) is 6.54 Å². The largest absolute Gasteiger partial charge is 0.326 e. The minimum Gasteiger partial charge on any atom is -0.306 e. The zero-order valence-corrected chi connectivity index (χ0v) is 16.6. The van der Waals surface area contributed by atoms with Gasteiger partial charge in [0.25, 0.3) is 0 Å². The van der Waals surface area contributed by atoms with E-state index in [9.17, 15) is 9.18 Å². The Morgan fingerprint density at radius 3 is 2.53 bits per heavy atom. The van der Waals surface area contributed by atoms with Crippen molar-refractivity contribution in [3.8, 4) is 11.3 Å². The number of aromatic amines is 1. The minimum atomic E-state index is -0.243. The van der Waals surface area contributed by atoms with Gasteiger partial charge in [-0.05, 0) is 61.4 Å². The summed E-state index contributed by atoms with van der Waals surface area (Å²) in [5.74, 6) is -0.243. The van der Waals surface area contributed by atoms with Crippen molar-refractivity contribution in [2.75, 3.05) is 13.1 Å². The molecular weight excluding hydrogens is 379 g/mol. The Balaban J connectivity index is 1.27. The number of H-pyrrole nitrogens is 1. The highest BCUT2D eigenvalue weighted by atomic mass is 19.1. The van der Waals surface area contributed by atoms with Gasteiger partial charge in [0, 0.05) is 31.2 Å². The van der Waals surface area contributed by atoms with Crippen molar-refractivity contribution in [3.63, 3.8) is 0 Å². The van der Waals surface area contributed by atoms with E-state index in [1.54, 1.807) is 12.1 Å². The van der Waals surface area contributed by atoms with Crippen LogP contribution in [0, 0.1) is 5.82 Å². The molecule has 2 aromatic heterocycles. The number of rotatable bonds is 4. The molecule has 2 aromatic carbocycles. The zero-order chi connectivity index (χ0) is 20.5. The molecule has 1 aliphatic rings. The summed E-state index contributed by atoms with van der Waals surface area (Å²) in [4.78, 5) is 22.6. The maximum absolute atomic E-state index is 13.2. The van der Waals surface area contributed by atoms with Crippen LogP contribution in [0.4, 0.5) is 4.39 Å². The first-order chi connectivity index (χ1) is 14.7. The van der Waals surface area contributed by atoms with Crippen molar-refractivity contribution < 1.29 is 4.39 Å². The molecule has 0 unspecified atom stereocenters. The average Bonchev–Trinajstić information content (AvgIpc) is 3.11. The minimum absolute atomic E-state index is 0.0247. The first kappa shape index (κ1) is 18.8. The number of hydrogen-bond acceptors (Lipinski definition) is 3. The number of pyridine rings is 1. The quantitative estimate of drug-likeness (QED) is 0.552. The van der Waals surface area contributed by atoms with Gasteiger partial charge in [0.2, 0.25) is 0 Å². The molecule has 1 N–H and O–H groups in total. The first-order valence-corrected chi connectivity index (χ1v) is 10.3. The van der Waals surface area contributed by atoms with Crippen LogP contribution in [0.1, 0.15) is 24.6 Å². The Bertz CT molecular complexity index is 1220. The number of para-hydroxylation sites is 2. The number of aromatic nitrogens is 3. The van der Waals surface area contributed by atoms with Crippen molar-refractivity contribution in [1.29, 1.82) is 0 Å². The Kier molecular flexibility index (Phi) is 4.93. The van der Waals surface area contributed by atoms with E-state index >= 15 is 0 Å². The number of imidazole rings is 1. The molecule has 1 saturated heterocycles. The van der Waals surface area contributed by atoms with Gasteiger partial charge in [0.1, 0.15) is 5.82 Å². The fourth-order valence-electron chi connectivity index (χ4n) is 4.35. The first-order valence-electron chi connectivity index (χ1n) is 10.3. The summed E-state index contributed by atoms with van der Waals surface area (Å²) in [5.41, 5.74) is 4.62. The molecule has 0 saturated carbocycles. The number of hydrogen-bond donors (Lipinski definition) is 1. The maximum Gasteiger partial charge on any atom is 0.326 e. The highest BCUT2D eigenvalue weighted by molar-refractivity contribution is 5.75. The molecule has 1 aliphatic heterocycles. The summed E-state index contributed by atoms with van der Waals surface area (Å²) in [6, 6.07) is 20.5. The van der Waals surface area contributed by atoms with E-state index in [-0.39, 0.29) is 17.5 Å². The second-order valence-corrected chi connectivity index (χ2v) is 7.85. The van der Waals surface area contributed by atoms with Crippen molar-refractivity contribution in [2.45, 2.75) is 25.4 Å². The van der Waals surface area contributed by atoms with Gasteiger partial charge in [-0.25, -0.2) is 9.18 Å². The van der Waals surface area contributed by atoms with Crippen LogP contribution in [0.2, 0.25) is 0 Å². The number of fused-ring (bicyclic) bond motifs is 1. The number of nitrogens with one attached hydrogen (secondary N) is 1. The summed E-state index contributed by atoms with van der Waals surface area (Å²) < 4.78 is 15.1. The standard InChI is InChI=1S/C24H23FN4O/c25-18-10-8-17(9-11-18)21-6-3-4-19(26-21)16-28-14-12-20(13-15-28)29-23-7-2-1-5-22(23)27-24(29)30/h1-11,20H,12-16H2,(H,27,30). The monoisotopic (exact) mass is 402 g/mol. The molecule has 0 amide bonds. The topological polar surface area (TPSA) is 53.9 Å². The molecule has 30 heavy (non-hydrogen) atoms. The second-order valence-electron chi connectivity index (χ2n) is 7.85. The lowest BCUT2D eigenvalue weighted by molar-refractivity contribution is 0.178. The van der Waals surface area contributed by atoms with Gasteiger partial charge < -0.3 is 4.98 Å². The molecule has 4 aromatic rings. The Hall–Kier alpha value is -3.25. The fourth-order valence-corrected chi connectivity index (χ4v) is 4.35. The number of piperidine rings is 1. The van der Waals surface area contributed by atoms with Crippen molar-refractivity contribution in [2.24, 2.45) is 0 Å². The SMILES string of the molecule is O=c1[nH]c2ccccc2n1C1CCN(Cc2cccc(-c3ccc(F)cc3)n2)CC1. The zero-order valence-electron chi connectivity index (χ0n) is 16.6. The molecule has 0 atom stereocenters. The summed E-state index contributed by atoms with van der Waals surface area (Å²) in [7, 11) is 0. The molecule has 5 rings (SSSR count). The van der Waals surface area contributed by atoms with Crippen LogP contribution in [0.3, 0.4) is 0 Å². The molecule has 0 bridgehead atoms. The van der Waals surface area contributed by atoms with Gasteiger partial charge in [0.15, 0.2) is 0 Å². The van der Waals surface area contributed by atoms with E-state index in [0.29, 0.717) is 0 Å². The van der Waals surface area contributed by atoms with Crippen LogP contribution in [0.25, 0.3) is 22.3 Å². The summed E-state index contributed by atoms with van der Waals surface area (Å²) in [5, 5.41) is 0. The molecule has 3 heterocycles. The Morgan fingerprint density at radius 1 is 0.967 bits per heavy atom. The second kappa shape index (κ2) is 7.88. The Labute approximate surface area is 173 Å². The summed E-state index contributed by atoms with van der Waals surface area (Å²) in [6.07, 6.45) is 1.86. The van der Waals surface area contributed by atoms with Crippen LogP contribution in [0.15, 0.2) is 71.5 Å². The predicted molar refractivity (Wildman–Crippen MR) is 116 cm³/mol. The third-order valence-electron chi connectivity index (χ3n) is 5.88. The number of benzene rings is 2. The lowest BCUT2D eigenvalue weighted by Gasteiger charge is -2.32. The van der Waals surface area contributed by atoms with Crippen LogP contribution < -0.4 is 5.69 Å². The molecule has 0 radical (unpaired) electrons. The molecule has 1 fully saturated rings. The smallest absolute Gasteiger partial charge is 0.306 e. The van der Waals surface area contributed by atoms with Crippen LogP contribution in [-0.4, -0.2) is 32.5 Å². The molecule has 0 spiro atoms. The van der Waals surface area contributed by atoms with Gasteiger partial charge >= 0.3 is 5.69 Å². The average molecular weight is 402 g/mol. The molecule has 0 aliphatic carbocycles. The Morgan fingerprint density at radius 2 is 1.73 bits per heavy atom. The van der Waals surface area contributed by atoms with E-state index in [1.807, 2.05) is 47.0 Å². The highest BCUT2D eigenvalue weighted by Crippen LogP contribution is 2.26. The van der Waals surface area contributed by atoms with Gasteiger partial charge in [-0.1, -0.05) is 18.2 Å². The van der Waals surface area contributed by atoms with Gasteiger partial charge in [0.05, 0.1) is 22.4 Å². The molecule has 152 valence electrons. The lowest BCUT2D eigenvalue weighted by atomic mass is 10.0. The highest BCUT2D eigenvalue weighted by Gasteiger charge is 2.23. The fraction of sp³-hybridized carbons (Fsp3) is 0.250. The van der Waals surface area contributed by atoms with Crippen molar-refractivity contribution in [3.05, 3.63) is 88.7 Å². The number of nitrogens with zero attached hydrogens (tertiary/aromatic N) is 3. The van der Waals surface area contributed by atoms with Crippen LogP contribution in [0.5, 0.6) is 0 Å². The lowest BCUT2D eigenvalue weighted by Crippen LogP contribution is -2.36. The molecule has 5 nitrogen and oxygen atoms in total. The van der Waals surface area contributed by atoms with E-state index in [1.165, 1.54) is 12.1 Å². The van der Waals surface area contributed by atoms with Crippen molar-refractivity contribution >= 4 is 11.0 Å². The predicted octanol–water partition coefficient (Wildman–Crippen LogP) is 4.37. The third kappa shape index (κ3) is 3.66. The summed E-state index contributed by atoms with van der Waals surface area (Å²) in [6.45, 7) is 2.60. The number of halogens is 1. The van der Waals surface area contributed by atoms with E-state index < -0.39 is 0 Å². The van der Waals surface area contributed by atoms with Crippen molar-refractivity contribution in [1.82, 2.24) is 19.4 Å². The van der Waals surface area contributed by atoms with Gasteiger partial charge in [-0.2, -0.15) is 0 Å². The number of likely N-dealkylation sites (tertiary alicyclic amines) is 1. The third-order valence-corrected chi connectivity index (χ3v) is 5.88. The van der Waals surface area contributed by atoms with Crippen LogP contribution >= 0.6 is 0 Å². The van der Waals surface area contributed by atoms with E-state index in [2.05, 4.69) is 9.88 Å². The molecular formula is C24H23FN4O. The van der Waals surface area contributed by atoms with Gasteiger partial charge in [-0.3, -0.25) is 14.5 Å².